The summed E-state index contributed by atoms with van der Waals surface area (Å²) in [7, 11) is 0. The van der Waals surface area contributed by atoms with Crippen LogP contribution in [0.15, 0.2) is 63.8 Å². The molecule has 0 radical (unpaired) electrons. The Bertz CT molecular complexity index is 1200. The molecule has 2 heterocycles. The van der Waals surface area contributed by atoms with Crippen molar-refractivity contribution in [1.82, 2.24) is 4.57 Å². The van der Waals surface area contributed by atoms with Crippen molar-refractivity contribution >= 4 is 27.8 Å². The number of hydrogen-bond acceptors (Lipinski definition) is 4. The number of carbonyl (C=O) groups excluding carboxylic acids is 1. The van der Waals surface area contributed by atoms with Gasteiger partial charge in [-0.2, -0.15) is 0 Å². The number of hydrogen-bond donors (Lipinski definition) is 0. The third-order valence-corrected chi connectivity index (χ3v) is 4.35. The second-order valence-corrected chi connectivity index (χ2v) is 6.04. The average Bonchev–Trinajstić information content (AvgIpc) is 2.97. The molecule has 0 spiro atoms. The monoisotopic (exact) mass is 347 g/mol. The molecule has 0 N–H and O–H groups in total. The van der Waals surface area contributed by atoms with Gasteiger partial charge in [0.05, 0.1) is 12.1 Å². The molecule has 4 aromatic rings. The van der Waals surface area contributed by atoms with E-state index in [0.717, 1.165) is 16.6 Å². The molecule has 0 aliphatic rings. The van der Waals surface area contributed by atoms with Gasteiger partial charge in [-0.05, 0) is 38.1 Å². The first-order chi connectivity index (χ1) is 12.6. The molecular weight excluding hydrogens is 330 g/mol. The number of para-hydroxylation sites is 2. The van der Waals surface area contributed by atoms with Crippen molar-refractivity contribution in [3.8, 4) is 5.75 Å². The fraction of sp³-hybridized carbons (Fsp3) is 0.143. The van der Waals surface area contributed by atoms with Gasteiger partial charge in [0.15, 0.2) is 11.3 Å². The Hall–Kier alpha value is -3.34. The second kappa shape index (κ2) is 6.19. The van der Waals surface area contributed by atoms with Crippen LogP contribution in [0, 0.1) is 6.92 Å². The molecule has 0 atom stereocenters. The SMILES string of the molecule is CCOc1cccc2cc(C(=O)n3c(C)cc4ccccc43)c(=O)oc12. The number of aryl methyl sites for hydroxylation is 1. The van der Waals surface area contributed by atoms with E-state index in [1.54, 1.807) is 28.8 Å². The minimum atomic E-state index is -0.674. The minimum Gasteiger partial charge on any atom is -0.490 e. The molecule has 0 aliphatic heterocycles. The van der Waals surface area contributed by atoms with Crippen LogP contribution in [-0.4, -0.2) is 17.1 Å². The van der Waals surface area contributed by atoms with Gasteiger partial charge in [-0.1, -0.05) is 30.3 Å². The third kappa shape index (κ3) is 2.49. The van der Waals surface area contributed by atoms with Gasteiger partial charge in [0.1, 0.15) is 5.56 Å². The number of ether oxygens (including phenoxy) is 1. The number of carbonyl (C=O) groups is 1. The summed E-state index contributed by atoms with van der Waals surface area (Å²) < 4.78 is 12.5. The van der Waals surface area contributed by atoms with Crippen LogP contribution >= 0.6 is 0 Å². The lowest BCUT2D eigenvalue weighted by atomic mass is 10.1. The summed E-state index contributed by atoms with van der Waals surface area (Å²) in [5.74, 6) is 0.0878. The van der Waals surface area contributed by atoms with E-state index in [1.165, 1.54) is 0 Å². The molecule has 2 aromatic carbocycles. The zero-order valence-electron chi connectivity index (χ0n) is 14.5. The Kier molecular flexibility index (Phi) is 3.84. The highest BCUT2D eigenvalue weighted by Gasteiger charge is 2.20. The highest BCUT2D eigenvalue weighted by Crippen LogP contribution is 2.26. The van der Waals surface area contributed by atoms with Crippen molar-refractivity contribution in [3.63, 3.8) is 0 Å². The van der Waals surface area contributed by atoms with E-state index in [4.69, 9.17) is 9.15 Å². The molecule has 0 saturated heterocycles. The lowest BCUT2D eigenvalue weighted by molar-refractivity contribution is 0.0959. The minimum absolute atomic E-state index is 0.00407. The van der Waals surface area contributed by atoms with Gasteiger partial charge in [0, 0.05) is 16.5 Å². The number of benzene rings is 2. The van der Waals surface area contributed by atoms with E-state index in [9.17, 15) is 9.59 Å². The van der Waals surface area contributed by atoms with Gasteiger partial charge in [0.2, 0.25) is 0 Å². The fourth-order valence-corrected chi connectivity index (χ4v) is 3.22. The van der Waals surface area contributed by atoms with Gasteiger partial charge in [-0.15, -0.1) is 0 Å². The second-order valence-electron chi connectivity index (χ2n) is 6.04. The number of nitrogens with zero attached hydrogens (tertiary/aromatic N) is 1. The molecule has 5 heteroatoms. The summed E-state index contributed by atoms with van der Waals surface area (Å²) in [6, 6.07) is 16.4. The molecule has 0 unspecified atom stereocenters. The summed E-state index contributed by atoms with van der Waals surface area (Å²) in [4.78, 5) is 25.6. The molecule has 0 amide bonds. The highest BCUT2D eigenvalue weighted by molar-refractivity contribution is 6.04. The van der Waals surface area contributed by atoms with Crippen LogP contribution in [0.1, 0.15) is 23.0 Å². The summed E-state index contributed by atoms with van der Waals surface area (Å²) in [5.41, 5.74) is 1.20. The van der Waals surface area contributed by atoms with Crippen LogP contribution < -0.4 is 10.4 Å². The van der Waals surface area contributed by atoms with E-state index < -0.39 is 11.5 Å². The summed E-state index contributed by atoms with van der Waals surface area (Å²) in [6.45, 7) is 4.15. The van der Waals surface area contributed by atoms with E-state index in [1.807, 2.05) is 44.2 Å². The van der Waals surface area contributed by atoms with Crippen molar-refractivity contribution in [2.45, 2.75) is 13.8 Å². The maximum absolute atomic E-state index is 13.1. The Balaban J connectivity index is 1.91. The van der Waals surface area contributed by atoms with Crippen LogP contribution in [0.2, 0.25) is 0 Å². The van der Waals surface area contributed by atoms with Crippen molar-refractivity contribution < 1.29 is 13.9 Å². The van der Waals surface area contributed by atoms with Crippen LogP contribution in [0.5, 0.6) is 5.75 Å². The van der Waals surface area contributed by atoms with E-state index in [0.29, 0.717) is 23.3 Å². The normalized spacial score (nSPS) is 11.2. The van der Waals surface area contributed by atoms with Gasteiger partial charge in [-0.25, -0.2) is 4.79 Å². The first-order valence-electron chi connectivity index (χ1n) is 8.41. The highest BCUT2D eigenvalue weighted by atomic mass is 16.5. The maximum atomic E-state index is 13.1. The molecule has 5 nitrogen and oxygen atoms in total. The predicted octanol–water partition coefficient (Wildman–Crippen LogP) is 4.14. The lowest BCUT2D eigenvalue weighted by Crippen LogP contribution is -2.21. The van der Waals surface area contributed by atoms with Gasteiger partial charge in [-0.3, -0.25) is 9.36 Å². The van der Waals surface area contributed by atoms with Gasteiger partial charge in [0.25, 0.3) is 5.91 Å². The maximum Gasteiger partial charge on any atom is 0.349 e. The summed E-state index contributed by atoms with van der Waals surface area (Å²) in [5, 5.41) is 1.59. The molecule has 0 fully saturated rings. The van der Waals surface area contributed by atoms with Crippen molar-refractivity contribution in [3.05, 3.63) is 76.3 Å². The Morgan fingerprint density at radius 2 is 1.85 bits per heavy atom. The van der Waals surface area contributed by atoms with Crippen LogP contribution in [0.25, 0.3) is 21.9 Å². The average molecular weight is 347 g/mol. The Labute approximate surface area is 149 Å². The first-order valence-corrected chi connectivity index (χ1v) is 8.41. The van der Waals surface area contributed by atoms with Crippen molar-refractivity contribution in [2.75, 3.05) is 6.61 Å². The largest absolute Gasteiger partial charge is 0.490 e. The number of rotatable bonds is 3. The predicted molar refractivity (Wildman–Crippen MR) is 100 cm³/mol. The van der Waals surface area contributed by atoms with E-state index >= 15 is 0 Å². The molecule has 4 rings (SSSR count). The van der Waals surface area contributed by atoms with E-state index in [2.05, 4.69) is 0 Å². The van der Waals surface area contributed by atoms with Crippen LogP contribution in [-0.2, 0) is 0 Å². The summed E-state index contributed by atoms with van der Waals surface area (Å²) in [6.07, 6.45) is 0. The summed E-state index contributed by atoms with van der Waals surface area (Å²) >= 11 is 0. The zero-order chi connectivity index (χ0) is 18.3. The fourth-order valence-electron chi connectivity index (χ4n) is 3.22. The standard InChI is InChI=1S/C21H17NO4/c1-3-25-18-10-6-8-15-12-16(21(24)26-19(15)18)20(23)22-13(2)11-14-7-4-5-9-17(14)22/h4-12H,3H2,1-2H3. The topological polar surface area (TPSA) is 61.4 Å². The molecule has 2 aromatic heterocycles. The zero-order valence-corrected chi connectivity index (χ0v) is 14.5. The lowest BCUT2D eigenvalue weighted by Gasteiger charge is -2.09. The smallest absolute Gasteiger partial charge is 0.349 e. The molecule has 0 bridgehead atoms. The number of fused-ring (bicyclic) bond motifs is 2. The Morgan fingerprint density at radius 3 is 2.65 bits per heavy atom. The van der Waals surface area contributed by atoms with E-state index in [-0.39, 0.29) is 5.56 Å². The molecule has 26 heavy (non-hydrogen) atoms. The van der Waals surface area contributed by atoms with Gasteiger partial charge < -0.3 is 9.15 Å². The number of aromatic nitrogens is 1. The van der Waals surface area contributed by atoms with Crippen LogP contribution in [0.4, 0.5) is 0 Å². The van der Waals surface area contributed by atoms with Gasteiger partial charge >= 0.3 is 5.63 Å². The quantitative estimate of drug-likeness (QED) is 0.523. The molecule has 0 saturated carbocycles. The van der Waals surface area contributed by atoms with Crippen LogP contribution in [0.3, 0.4) is 0 Å². The van der Waals surface area contributed by atoms with Crippen molar-refractivity contribution in [2.24, 2.45) is 0 Å². The Morgan fingerprint density at radius 1 is 1.08 bits per heavy atom. The third-order valence-electron chi connectivity index (χ3n) is 4.35. The van der Waals surface area contributed by atoms with Crippen molar-refractivity contribution in [1.29, 1.82) is 0 Å². The molecule has 130 valence electrons. The molecule has 0 aliphatic carbocycles. The first kappa shape index (κ1) is 16.1. The molecular formula is C21H17NO4.